The van der Waals surface area contributed by atoms with Crippen molar-refractivity contribution in [3.8, 4) is 0 Å². The summed E-state index contributed by atoms with van der Waals surface area (Å²) in [5.74, 6) is 1.21. The Labute approximate surface area is 197 Å². The lowest BCUT2D eigenvalue weighted by Gasteiger charge is -2.37. The molecule has 1 saturated heterocycles. The number of benzene rings is 1. The minimum Gasteiger partial charge on any atom is -0.459 e. The predicted octanol–water partition coefficient (Wildman–Crippen LogP) is 3.97. The van der Waals surface area contributed by atoms with Crippen LogP contribution in [0.3, 0.4) is 0 Å². The van der Waals surface area contributed by atoms with Crippen molar-refractivity contribution < 1.29 is 9.21 Å². The molecule has 29 heavy (non-hydrogen) atoms. The molecule has 0 atom stereocenters. The summed E-state index contributed by atoms with van der Waals surface area (Å²) >= 11 is 3.66. The van der Waals surface area contributed by atoms with Crippen molar-refractivity contribution in [3.05, 3.63) is 58.5 Å². The molecule has 1 aliphatic heterocycles. The van der Waals surface area contributed by atoms with E-state index in [1.54, 1.807) is 19.2 Å². The normalized spacial score (nSPS) is 15.1. The number of nitrogens with one attached hydrogen (secondary N) is 1. The van der Waals surface area contributed by atoms with E-state index in [0.29, 0.717) is 18.8 Å². The molecule has 2 heterocycles. The molecule has 0 unspecified atom stereocenters. The van der Waals surface area contributed by atoms with Crippen LogP contribution in [0.15, 0.2) is 56.5 Å². The molecule has 1 N–H and O–H groups in total. The average Bonchev–Trinajstić information content (AvgIpc) is 3.23. The molecule has 1 aromatic heterocycles. The molecule has 0 saturated carbocycles. The zero-order valence-corrected chi connectivity index (χ0v) is 20.9. The molecule has 1 aromatic carbocycles. The Morgan fingerprint density at radius 2 is 1.79 bits per heavy atom. The van der Waals surface area contributed by atoms with Crippen LogP contribution in [-0.2, 0) is 5.41 Å². The number of hydrogen-bond acceptors (Lipinski definition) is 3. The maximum atomic E-state index is 12.4. The number of halogens is 2. The molecule has 3 rings (SSSR count). The van der Waals surface area contributed by atoms with Crippen molar-refractivity contribution in [2.24, 2.45) is 4.99 Å². The van der Waals surface area contributed by atoms with Gasteiger partial charge in [-0.05, 0) is 23.8 Å². The summed E-state index contributed by atoms with van der Waals surface area (Å²) in [5.41, 5.74) is 1.19. The van der Waals surface area contributed by atoms with Gasteiger partial charge < -0.3 is 19.5 Å². The number of rotatable bonds is 4. The van der Waals surface area contributed by atoms with Gasteiger partial charge in [-0.2, -0.15) is 0 Å². The first-order valence-electron chi connectivity index (χ1n) is 9.46. The number of nitrogens with zero attached hydrogens (tertiary/aromatic N) is 3. The number of guanidine groups is 1. The fraction of sp³-hybridized carbons (Fsp3) is 0.429. The average molecular weight is 575 g/mol. The van der Waals surface area contributed by atoms with Gasteiger partial charge in [-0.1, -0.05) is 48.0 Å². The highest BCUT2D eigenvalue weighted by atomic mass is 127. The highest BCUT2D eigenvalue weighted by Crippen LogP contribution is 2.29. The van der Waals surface area contributed by atoms with Crippen LogP contribution < -0.4 is 5.32 Å². The first-order valence-corrected chi connectivity index (χ1v) is 10.2. The topological polar surface area (TPSA) is 61.1 Å². The molecule has 158 valence electrons. The van der Waals surface area contributed by atoms with Gasteiger partial charge in [-0.3, -0.25) is 9.79 Å². The summed E-state index contributed by atoms with van der Waals surface area (Å²) in [7, 11) is 1.80. The van der Waals surface area contributed by atoms with Crippen molar-refractivity contribution in [1.29, 1.82) is 0 Å². The Morgan fingerprint density at radius 1 is 1.14 bits per heavy atom. The number of amides is 1. The van der Waals surface area contributed by atoms with Gasteiger partial charge in [-0.15, -0.1) is 24.0 Å². The summed E-state index contributed by atoms with van der Waals surface area (Å²) in [6, 6.07) is 11.8. The molecule has 1 aliphatic rings. The maximum Gasteiger partial charge on any atom is 0.289 e. The van der Waals surface area contributed by atoms with Crippen LogP contribution in [0.5, 0.6) is 0 Å². The van der Waals surface area contributed by atoms with Crippen LogP contribution in [-0.4, -0.2) is 61.4 Å². The SMILES string of the molecule is CN=C(NCC(C)(C)c1ccccc1Br)N1CCN(C(=O)c2ccco2)CC1.I. The molecule has 2 aromatic rings. The number of piperazine rings is 1. The smallest absolute Gasteiger partial charge is 0.289 e. The Hall–Kier alpha value is -1.55. The fourth-order valence-corrected chi connectivity index (χ4v) is 4.24. The third-order valence-electron chi connectivity index (χ3n) is 5.10. The van der Waals surface area contributed by atoms with Crippen molar-refractivity contribution in [2.75, 3.05) is 39.8 Å². The van der Waals surface area contributed by atoms with Crippen LogP contribution in [0.2, 0.25) is 0 Å². The third-order valence-corrected chi connectivity index (χ3v) is 5.79. The number of hydrogen-bond donors (Lipinski definition) is 1. The van der Waals surface area contributed by atoms with Gasteiger partial charge >= 0.3 is 0 Å². The lowest BCUT2D eigenvalue weighted by atomic mass is 9.84. The predicted molar refractivity (Wildman–Crippen MR) is 130 cm³/mol. The second-order valence-corrected chi connectivity index (χ2v) is 8.38. The Balaban J connectivity index is 0.00000300. The summed E-state index contributed by atoms with van der Waals surface area (Å²) in [5, 5.41) is 3.51. The fourth-order valence-electron chi connectivity index (χ4n) is 3.42. The Kier molecular flexibility index (Phi) is 8.57. The second kappa shape index (κ2) is 10.5. The van der Waals surface area contributed by atoms with Gasteiger partial charge in [0.05, 0.1) is 6.26 Å². The van der Waals surface area contributed by atoms with E-state index in [0.717, 1.165) is 30.1 Å². The van der Waals surface area contributed by atoms with E-state index in [1.807, 2.05) is 11.0 Å². The number of furan rings is 1. The van der Waals surface area contributed by atoms with Crippen LogP contribution in [0.4, 0.5) is 0 Å². The monoisotopic (exact) mass is 574 g/mol. The van der Waals surface area contributed by atoms with E-state index in [9.17, 15) is 4.79 Å². The molecule has 1 amide bonds. The van der Waals surface area contributed by atoms with Crippen LogP contribution in [0, 0.1) is 0 Å². The zero-order valence-electron chi connectivity index (χ0n) is 17.0. The van der Waals surface area contributed by atoms with Gasteiger partial charge in [0.1, 0.15) is 0 Å². The standard InChI is InChI=1S/C21H27BrN4O2.HI/c1-21(2,16-7-4-5-8-17(16)22)15-24-20(23-3)26-12-10-25(11-13-26)19(27)18-9-6-14-28-18;/h4-9,14H,10-13,15H2,1-3H3,(H,23,24);1H. The van der Waals surface area contributed by atoms with E-state index in [2.05, 4.69) is 63.2 Å². The minimum atomic E-state index is -0.0624. The van der Waals surface area contributed by atoms with Crippen molar-refractivity contribution in [2.45, 2.75) is 19.3 Å². The molecule has 0 radical (unpaired) electrons. The number of aliphatic imine (C=N–C) groups is 1. The Morgan fingerprint density at radius 3 is 2.38 bits per heavy atom. The van der Waals surface area contributed by atoms with Crippen molar-refractivity contribution >= 4 is 51.8 Å². The van der Waals surface area contributed by atoms with Gasteiger partial charge in [0.15, 0.2) is 11.7 Å². The van der Waals surface area contributed by atoms with Crippen molar-refractivity contribution in [3.63, 3.8) is 0 Å². The van der Waals surface area contributed by atoms with Crippen LogP contribution in [0.25, 0.3) is 0 Å². The van der Waals surface area contributed by atoms with E-state index in [1.165, 1.54) is 11.8 Å². The molecular formula is C21H28BrIN4O2. The first kappa shape index (κ1) is 23.7. The van der Waals surface area contributed by atoms with Gasteiger partial charge in [0.2, 0.25) is 0 Å². The van der Waals surface area contributed by atoms with E-state index in [4.69, 9.17) is 4.42 Å². The zero-order chi connectivity index (χ0) is 20.1. The largest absolute Gasteiger partial charge is 0.459 e. The van der Waals surface area contributed by atoms with Crippen molar-refractivity contribution in [1.82, 2.24) is 15.1 Å². The van der Waals surface area contributed by atoms with Gasteiger partial charge in [-0.25, -0.2) is 0 Å². The van der Waals surface area contributed by atoms with Gasteiger partial charge in [0.25, 0.3) is 5.91 Å². The highest BCUT2D eigenvalue weighted by Gasteiger charge is 2.27. The summed E-state index contributed by atoms with van der Waals surface area (Å²) in [6.07, 6.45) is 1.53. The summed E-state index contributed by atoms with van der Waals surface area (Å²) in [6.45, 7) is 7.96. The lowest BCUT2D eigenvalue weighted by Crippen LogP contribution is -2.54. The maximum absolute atomic E-state index is 12.4. The van der Waals surface area contributed by atoms with Crippen LogP contribution in [0.1, 0.15) is 30.0 Å². The number of carbonyl (C=O) groups excluding carboxylic acids is 1. The molecular weight excluding hydrogens is 547 g/mol. The molecule has 0 aliphatic carbocycles. The Bertz CT molecular complexity index is 831. The third kappa shape index (κ3) is 5.75. The van der Waals surface area contributed by atoms with E-state index in [-0.39, 0.29) is 35.3 Å². The second-order valence-electron chi connectivity index (χ2n) is 7.52. The minimum absolute atomic E-state index is 0. The molecule has 0 spiro atoms. The number of carbonyl (C=O) groups is 1. The van der Waals surface area contributed by atoms with E-state index >= 15 is 0 Å². The first-order chi connectivity index (χ1) is 13.4. The molecule has 0 bridgehead atoms. The molecule has 6 nitrogen and oxygen atoms in total. The van der Waals surface area contributed by atoms with Crippen LogP contribution >= 0.6 is 39.9 Å². The van der Waals surface area contributed by atoms with E-state index < -0.39 is 0 Å². The lowest BCUT2D eigenvalue weighted by molar-refractivity contribution is 0.0657. The summed E-state index contributed by atoms with van der Waals surface area (Å²) in [4.78, 5) is 20.9. The molecule has 1 fully saturated rings. The highest BCUT2D eigenvalue weighted by molar-refractivity contribution is 14.0. The summed E-state index contributed by atoms with van der Waals surface area (Å²) < 4.78 is 6.34. The molecule has 8 heteroatoms. The quantitative estimate of drug-likeness (QED) is 0.341. The van der Waals surface area contributed by atoms with Gasteiger partial charge in [0, 0.05) is 49.7 Å².